The van der Waals surface area contributed by atoms with E-state index in [1.54, 1.807) is 7.11 Å². The molecule has 0 bridgehead atoms. The molecule has 0 aromatic heterocycles. The van der Waals surface area contributed by atoms with Crippen molar-refractivity contribution in [2.45, 2.75) is 38.7 Å². The predicted octanol–water partition coefficient (Wildman–Crippen LogP) is 1.16. The molecule has 0 spiro atoms. The topological polar surface area (TPSA) is 41.5 Å². The number of hydrogen-bond acceptors (Lipinski definition) is 3. The van der Waals surface area contributed by atoms with E-state index in [2.05, 4.69) is 12.2 Å². The molecule has 13 heavy (non-hydrogen) atoms. The smallest absolute Gasteiger partial charge is 0.0743 e. The van der Waals surface area contributed by atoms with Crippen LogP contribution in [-0.4, -0.2) is 37.5 Å². The van der Waals surface area contributed by atoms with Gasteiger partial charge in [-0.2, -0.15) is 0 Å². The van der Waals surface area contributed by atoms with Crippen molar-refractivity contribution in [1.29, 1.82) is 0 Å². The zero-order chi connectivity index (χ0) is 10.2. The highest BCUT2D eigenvalue weighted by Gasteiger charge is 2.17. The molecule has 0 rings (SSSR count). The van der Waals surface area contributed by atoms with E-state index in [1.165, 1.54) is 0 Å². The average molecular weight is 189 g/mol. The maximum Gasteiger partial charge on any atom is 0.0743 e. The largest absolute Gasteiger partial charge is 0.389 e. The molecule has 0 saturated heterocycles. The van der Waals surface area contributed by atoms with Gasteiger partial charge in [0, 0.05) is 20.3 Å². The van der Waals surface area contributed by atoms with Crippen LogP contribution in [-0.2, 0) is 4.74 Å². The fourth-order valence-electron chi connectivity index (χ4n) is 1.33. The van der Waals surface area contributed by atoms with Crippen molar-refractivity contribution in [2.24, 2.45) is 0 Å². The molecule has 2 N–H and O–H groups in total. The van der Waals surface area contributed by atoms with Gasteiger partial charge in [-0.3, -0.25) is 0 Å². The third-order valence-electron chi connectivity index (χ3n) is 2.00. The Balaban J connectivity index is 3.29. The van der Waals surface area contributed by atoms with Gasteiger partial charge in [0.1, 0.15) is 0 Å². The highest BCUT2D eigenvalue weighted by Crippen LogP contribution is 2.09. The van der Waals surface area contributed by atoms with Crippen molar-refractivity contribution in [3.63, 3.8) is 0 Å². The van der Waals surface area contributed by atoms with Crippen LogP contribution in [0.15, 0.2) is 0 Å². The zero-order valence-electron chi connectivity index (χ0n) is 9.10. The molecule has 0 aliphatic rings. The van der Waals surface area contributed by atoms with Gasteiger partial charge >= 0.3 is 0 Å². The molecule has 0 amide bonds. The molecule has 0 saturated carbocycles. The number of hydrogen-bond donors (Lipinski definition) is 2. The molecule has 1 atom stereocenters. The van der Waals surface area contributed by atoms with Gasteiger partial charge in [-0.15, -0.1) is 0 Å². The first-order valence-electron chi connectivity index (χ1n) is 5.04. The molecule has 1 unspecified atom stereocenters. The third-order valence-corrected chi connectivity index (χ3v) is 2.00. The normalized spacial score (nSPS) is 15.7. The zero-order valence-corrected chi connectivity index (χ0v) is 9.10. The van der Waals surface area contributed by atoms with E-state index >= 15 is 0 Å². The second kappa shape index (κ2) is 7.30. The maximum absolute atomic E-state index is 9.78. The Morgan fingerprint density at radius 3 is 2.69 bits per heavy atom. The lowest BCUT2D eigenvalue weighted by Gasteiger charge is -2.22. The van der Waals surface area contributed by atoms with Crippen LogP contribution in [0, 0.1) is 0 Å². The van der Waals surface area contributed by atoms with Gasteiger partial charge in [0.05, 0.1) is 5.60 Å². The maximum atomic E-state index is 9.78. The first kappa shape index (κ1) is 12.9. The van der Waals surface area contributed by atoms with Crippen LogP contribution in [0.3, 0.4) is 0 Å². The SMILES string of the molecule is CCCC(C)(O)CNCCCOC. The lowest BCUT2D eigenvalue weighted by atomic mass is 10.0. The highest BCUT2D eigenvalue weighted by molar-refractivity contribution is 4.74. The minimum atomic E-state index is -0.554. The summed E-state index contributed by atoms with van der Waals surface area (Å²) in [6.07, 6.45) is 2.87. The molecular formula is C10H23NO2. The molecule has 3 heteroatoms. The van der Waals surface area contributed by atoms with E-state index in [9.17, 15) is 5.11 Å². The first-order chi connectivity index (χ1) is 6.12. The Morgan fingerprint density at radius 1 is 1.46 bits per heavy atom. The van der Waals surface area contributed by atoms with Gasteiger partial charge < -0.3 is 15.2 Å². The second-order valence-corrected chi connectivity index (χ2v) is 3.77. The van der Waals surface area contributed by atoms with Crippen LogP contribution in [0.5, 0.6) is 0 Å². The third kappa shape index (κ3) is 8.22. The van der Waals surface area contributed by atoms with E-state index in [0.29, 0.717) is 6.54 Å². The highest BCUT2D eigenvalue weighted by atomic mass is 16.5. The van der Waals surface area contributed by atoms with Crippen LogP contribution in [0.1, 0.15) is 33.1 Å². The number of aliphatic hydroxyl groups is 1. The standard InChI is InChI=1S/C10H23NO2/c1-4-6-10(2,12)9-11-7-5-8-13-3/h11-12H,4-9H2,1-3H3. The fourth-order valence-corrected chi connectivity index (χ4v) is 1.33. The molecule has 3 nitrogen and oxygen atoms in total. The Hall–Kier alpha value is -0.120. The summed E-state index contributed by atoms with van der Waals surface area (Å²) in [5, 5.41) is 13.0. The minimum absolute atomic E-state index is 0.554. The Kier molecular flexibility index (Phi) is 7.23. The lowest BCUT2D eigenvalue weighted by Crippen LogP contribution is -2.38. The van der Waals surface area contributed by atoms with Gasteiger partial charge in [0.2, 0.25) is 0 Å². The molecule has 0 fully saturated rings. The Labute approximate surface area is 81.5 Å². The van der Waals surface area contributed by atoms with Crippen molar-refractivity contribution < 1.29 is 9.84 Å². The summed E-state index contributed by atoms with van der Waals surface area (Å²) < 4.78 is 4.92. The summed E-state index contributed by atoms with van der Waals surface area (Å²) >= 11 is 0. The summed E-state index contributed by atoms with van der Waals surface area (Å²) in [6, 6.07) is 0. The van der Waals surface area contributed by atoms with Gasteiger partial charge in [-0.1, -0.05) is 13.3 Å². The average Bonchev–Trinajstić information content (AvgIpc) is 2.04. The van der Waals surface area contributed by atoms with Crippen LogP contribution < -0.4 is 5.32 Å². The summed E-state index contributed by atoms with van der Waals surface area (Å²) in [5.41, 5.74) is -0.554. The predicted molar refractivity (Wildman–Crippen MR) is 54.9 cm³/mol. The monoisotopic (exact) mass is 189 g/mol. The molecule has 80 valence electrons. The van der Waals surface area contributed by atoms with E-state index < -0.39 is 5.60 Å². The van der Waals surface area contributed by atoms with Crippen LogP contribution >= 0.6 is 0 Å². The number of nitrogens with one attached hydrogen (secondary N) is 1. The van der Waals surface area contributed by atoms with Crippen molar-refractivity contribution in [3.8, 4) is 0 Å². The van der Waals surface area contributed by atoms with E-state index in [-0.39, 0.29) is 0 Å². The van der Waals surface area contributed by atoms with E-state index in [4.69, 9.17) is 4.74 Å². The van der Waals surface area contributed by atoms with Gasteiger partial charge in [0.15, 0.2) is 0 Å². The summed E-state index contributed by atoms with van der Waals surface area (Å²) in [6.45, 7) is 6.32. The van der Waals surface area contributed by atoms with Crippen molar-refractivity contribution in [1.82, 2.24) is 5.32 Å². The fraction of sp³-hybridized carbons (Fsp3) is 1.00. The molecule has 0 aliphatic heterocycles. The Morgan fingerprint density at radius 2 is 2.15 bits per heavy atom. The van der Waals surface area contributed by atoms with E-state index in [0.717, 1.165) is 32.4 Å². The summed E-state index contributed by atoms with van der Waals surface area (Å²) in [5.74, 6) is 0. The Bertz CT molecular complexity index is 115. The quantitative estimate of drug-likeness (QED) is 0.563. The number of rotatable bonds is 8. The summed E-state index contributed by atoms with van der Waals surface area (Å²) in [4.78, 5) is 0. The van der Waals surface area contributed by atoms with Crippen LogP contribution in [0.2, 0.25) is 0 Å². The summed E-state index contributed by atoms with van der Waals surface area (Å²) in [7, 11) is 1.70. The van der Waals surface area contributed by atoms with Crippen LogP contribution in [0.25, 0.3) is 0 Å². The minimum Gasteiger partial charge on any atom is -0.389 e. The van der Waals surface area contributed by atoms with Crippen LogP contribution in [0.4, 0.5) is 0 Å². The van der Waals surface area contributed by atoms with Gasteiger partial charge in [-0.05, 0) is 26.3 Å². The molecular weight excluding hydrogens is 166 g/mol. The lowest BCUT2D eigenvalue weighted by molar-refractivity contribution is 0.0496. The second-order valence-electron chi connectivity index (χ2n) is 3.77. The number of ether oxygens (including phenoxy) is 1. The van der Waals surface area contributed by atoms with Gasteiger partial charge in [-0.25, -0.2) is 0 Å². The van der Waals surface area contributed by atoms with Crippen molar-refractivity contribution >= 4 is 0 Å². The number of methoxy groups -OCH3 is 1. The molecule has 0 aromatic rings. The molecule has 0 radical (unpaired) electrons. The molecule has 0 aliphatic carbocycles. The van der Waals surface area contributed by atoms with Gasteiger partial charge in [0.25, 0.3) is 0 Å². The van der Waals surface area contributed by atoms with E-state index in [1.807, 2.05) is 6.92 Å². The molecule has 0 aromatic carbocycles. The van der Waals surface area contributed by atoms with Crippen molar-refractivity contribution in [2.75, 3.05) is 26.8 Å². The first-order valence-corrected chi connectivity index (χ1v) is 5.04. The molecule has 0 heterocycles. The van der Waals surface area contributed by atoms with Crippen molar-refractivity contribution in [3.05, 3.63) is 0 Å².